The van der Waals surface area contributed by atoms with Gasteiger partial charge in [-0.2, -0.15) is 0 Å². The number of benzene rings is 2. The Morgan fingerprint density at radius 1 is 1.00 bits per heavy atom. The second-order valence-electron chi connectivity index (χ2n) is 9.66. The highest BCUT2D eigenvalue weighted by Crippen LogP contribution is 2.43. The lowest BCUT2D eigenvalue weighted by molar-refractivity contribution is 0.110. The minimum Gasteiger partial charge on any atom is -0.493 e. The molecule has 35 heavy (non-hydrogen) atoms. The molecule has 5 nitrogen and oxygen atoms in total. The van der Waals surface area contributed by atoms with Crippen LogP contribution >= 0.6 is 11.3 Å². The molecule has 182 valence electrons. The molecule has 0 aliphatic heterocycles. The van der Waals surface area contributed by atoms with Crippen molar-refractivity contribution in [2.45, 2.75) is 75.9 Å². The van der Waals surface area contributed by atoms with Gasteiger partial charge in [0, 0.05) is 11.1 Å². The van der Waals surface area contributed by atoms with Crippen LogP contribution in [0.2, 0.25) is 0 Å². The van der Waals surface area contributed by atoms with E-state index < -0.39 is 0 Å². The van der Waals surface area contributed by atoms with Gasteiger partial charge in [0.05, 0.1) is 24.7 Å². The van der Waals surface area contributed by atoms with Crippen LogP contribution in [0.25, 0.3) is 10.6 Å². The lowest BCUT2D eigenvalue weighted by atomic mass is 9.69. The first-order valence-electron chi connectivity index (χ1n) is 12.5. The summed E-state index contributed by atoms with van der Waals surface area (Å²) >= 11 is 1.59. The van der Waals surface area contributed by atoms with Gasteiger partial charge in [-0.05, 0) is 88.1 Å². The van der Waals surface area contributed by atoms with E-state index in [0.29, 0.717) is 0 Å². The number of nitrogens with zero attached hydrogens (tertiary/aromatic N) is 2. The number of aryl methyl sites for hydroxylation is 1. The zero-order valence-corrected chi connectivity index (χ0v) is 21.2. The highest BCUT2D eigenvalue weighted by atomic mass is 32.1. The molecule has 0 bridgehead atoms. The minimum atomic E-state index is -0.339. The summed E-state index contributed by atoms with van der Waals surface area (Å²) in [6.45, 7) is 1.96. The molecule has 6 heteroatoms. The van der Waals surface area contributed by atoms with Gasteiger partial charge in [0.25, 0.3) is 0 Å². The second kappa shape index (κ2) is 10.4. The number of hydrogen-bond donors (Lipinski definition) is 1. The van der Waals surface area contributed by atoms with E-state index in [1.54, 1.807) is 18.4 Å². The van der Waals surface area contributed by atoms with Crippen molar-refractivity contribution in [3.8, 4) is 33.9 Å². The van der Waals surface area contributed by atoms with Crippen molar-refractivity contribution in [1.29, 1.82) is 0 Å². The summed E-state index contributed by atoms with van der Waals surface area (Å²) in [5.41, 5.74) is 2.79. The van der Waals surface area contributed by atoms with Crippen molar-refractivity contribution in [2.24, 2.45) is 0 Å². The summed E-state index contributed by atoms with van der Waals surface area (Å²) < 4.78 is 12.0. The first-order chi connectivity index (χ1) is 17.0. The van der Waals surface area contributed by atoms with Crippen LogP contribution < -0.4 is 9.47 Å². The quantitative estimate of drug-likeness (QED) is 0.442. The summed E-state index contributed by atoms with van der Waals surface area (Å²) in [7, 11) is 1.69. The Balaban J connectivity index is 1.49. The number of aromatic nitrogens is 2. The smallest absolute Gasteiger partial charge is 0.161 e. The number of aliphatic hydroxyl groups excluding tert-OH is 1. The summed E-state index contributed by atoms with van der Waals surface area (Å²) in [6.07, 6.45) is 7.71. The van der Waals surface area contributed by atoms with Crippen LogP contribution in [0.15, 0.2) is 42.5 Å². The number of methoxy groups -OCH3 is 1. The normalized spacial score (nSPS) is 22.4. The molecular formula is C29H32N2O3S. The average Bonchev–Trinajstić information content (AvgIpc) is 3.56. The zero-order chi connectivity index (χ0) is 24.3. The van der Waals surface area contributed by atoms with Gasteiger partial charge < -0.3 is 14.6 Å². The fourth-order valence-corrected chi connectivity index (χ4v) is 5.86. The number of hydrogen-bond acceptors (Lipinski definition) is 6. The first-order valence-corrected chi connectivity index (χ1v) is 13.3. The number of ether oxygens (including phenoxy) is 2. The monoisotopic (exact) mass is 488 g/mol. The first kappa shape index (κ1) is 23.8. The Labute approximate surface area is 211 Å². The lowest BCUT2D eigenvalue weighted by Gasteiger charge is -2.35. The maximum absolute atomic E-state index is 10.3. The summed E-state index contributed by atoms with van der Waals surface area (Å²) in [5, 5.41) is 20.5. The fraction of sp³-hybridized carbons (Fsp3) is 0.448. The second-order valence-corrected chi connectivity index (χ2v) is 10.8. The van der Waals surface area contributed by atoms with Crippen LogP contribution in [-0.2, 0) is 5.41 Å². The molecule has 0 spiro atoms. The molecule has 0 unspecified atom stereocenters. The Morgan fingerprint density at radius 2 is 1.80 bits per heavy atom. The van der Waals surface area contributed by atoms with Crippen molar-refractivity contribution in [3.63, 3.8) is 0 Å². The van der Waals surface area contributed by atoms with E-state index in [-0.39, 0.29) is 17.6 Å². The fourth-order valence-electron chi connectivity index (χ4n) is 5.17. The SMILES string of the molecule is COc1ccc([C@]2(C#Cc3cccc(-c4nnc(C)s4)c3)CC[C@@H](O)CC2)cc1OC1CCCC1. The topological polar surface area (TPSA) is 64.5 Å². The number of rotatable bonds is 5. The Kier molecular flexibility index (Phi) is 7.08. The standard InChI is InChI=1S/C29H32N2O3S/c1-20-30-31-28(35-20)22-7-5-6-21(18-22)12-15-29(16-13-24(32)14-17-29)23-10-11-26(33-2)27(19-23)34-25-8-3-4-9-25/h5-7,10-11,18-19,24-25,32H,3-4,8-9,13-14,16-17H2,1-2H3/t24-,29-. The van der Waals surface area contributed by atoms with Crippen LogP contribution in [0.4, 0.5) is 0 Å². The largest absolute Gasteiger partial charge is 0.493 e. The Hall–Kier alpha value is -2.88. The predicted molar refractivity (Wildman–Crippen MR) is 139 cm³/mol. The molecule has 0 saturated heterocycles. The molecule has 2 saturated carbocycles. The van der Waals surface area contributed by atoms with Crippen LogP contribution in [0.1, 0.15) is 67.5 Å². The van der Waals surface area contributed by atoms with Crippen molar-refractivity contribution in [2.75, 3.05) is 7.11 Å². The van der Waals surface area contributed by atoms with Gasteiger partial charge in [-0.1, -0.05) is 41.4 Å². The molecule has 0 atom stereocenters. The van der Waals surface area contributed by atoms with Gasteiger partial charge in [-0.3, -0.25) is 0 Å². The molecule has 0 amide bonds. The number of aliphatic hydroxyl groups is 1. The van der Waals surface area contributed by atoms with Crippen LogP contribution in [-0.4, -0.2) is 34.6 Å². The van der Waals surface area contributed by atoms with E-state index in [2.05, 4.69) is 40.2 Å². The summed E-state index contributed by atoms with van der Waals surface area (Å²) in [6, 6.07) is 14.4. The van der Waals surface area contributed by atoms with E-state index >= 15 is 0 Å². The molecule has 2 fully saturated rings. The van der Waals surface area contributed by atoms with Gasteiger partial charge in [-0.15, -0.1) is 10.2 Å². The Bertz CT molecular complexity index is 1230. The van der Waals surface area contributed by atoms with E-state index in [0.717, 1.165) is 76.7 Å². The highest BCUT2D eigenvalue weighted by Gasteiger charge is 2.36. The minimum absolute atomic E-state index is 0.251. The third-order valence-corrected chi connectivity index (χ3v) is 8.09. The maximum atomic E-state index is 10.3. The maximum Gasteiger partial charge on any atom is 0.161 e. The van der Waals surface area contributed by atoms with Crippen molar-refractivity contribution >= 4 is 11.3 Å². The van der Waals surface area contributed by atoms with Gasteiger partial charge in [0.15, 0.2) is 11.5 Å². The van der Waals surface area contributed by atoms with Crippen molar-refractivity contribution in [1.82, 2.24) is 10.2 Å². The zero-order valence-electron chi connectivity index (χ0n) is 20.4. The van der Waals surface area contributed by atoms with Gasteiger partial charge in [0.1, 0.15) is 10.0 Å². The molecular weight excluding hydrogens is 456 g/mol. The highest BCUT2D eigenvalue weighted by molar-refractivity contribution is 7.14. The molecule has 1 heterocycles. The van der Waals surface area contributed by atoms with E-state index in [1.807, 2.05) is 31.2 Å². The summed E-state index contributed by atoms with van der Waals surface area (Å²) in [5.74, 6) is 8.67. The van der Waals surface area contributed by atoms with Gasteiger partial charge in [-0.25, -0.2) is 0 Å². The summed E-state index contributed by atoms with van der Waals surface area (Å²) in [4.78, 5) is 0. The molecule has 2 aromatic carbocycles. The third-order valence-electron chi connectivity index (χ3n) is 7.20. The molecule has 3 aromatic rings. The predicted octanol–water partition coefficient (Wildman–Crippen LogP) is 6.07. The van der Waals surface area contributed by atoms with E-state index in [1.165, 1.54) is 12.8 Å². The van der Waals surface area contributed by atoms with Crippen molar-refractivity contribution in [3.05, 3.63) is 58.6 Å². The molecule has 1 N–H and O–H groups in total. The molecule has 1 aromatic heterocycles. The molecule has 2 aliphatic rings. The molecule has 5 rings (SSSR count). The van der Waals surface area contributed by atoms with Gasteiger partial charge >= 0.3 is 0 Å². The van der Waals surface area contributed by atoms with Crippen LogP contribution in [0, 0.1) is 18.8 Å². The third kappa shape index (κ3) is 5.37. The van der Waals surface area contributed by atoms with E-state index in [4.69, 9.17) is 9.47 Å². The average molecular weight is 489 g/mol. The lowest BCUT2D eigenvalue weighted by Crippen LogP contribution is -2.32. The van der Waals surface area contributed by atoms with E-state index in [9.17, 15) is 5.11 Å². The van der Waals surface area contributed by atoms with Gasteiger partial charge in [0.2, 0.25) is 0 Å². The Morgan fingerprint density at radius 3 is 2.51 bits per heavy atom. The molecule has 2 aliphatic carbocycles. The van der Waals surface area contributed by atoms with Crippen molar-refractivity contribution < 1.29 is 14.6 Å². The van der Waals surface area contributed by atoms with Crippen LogP contribution in [0.5, 0.6) is 11.5 Å². The molecule has 0 radical (unpaired) electrons. The van der Waals surface area contributed by atoms with Crippen LogP contribution in [0.3, 0.4) is 0 Å².